The lowest BCUT2D eigenvalue weighted by atomic mass is 9.69. The van der Waals surface area contributed by atoms with Crippen LogP contribution in [0.4, 0.5) is 14.5 Å². The van der Waals surface area contributed by atoms with E-state index < -0.39 is 39.8 Å². The molecule has 2 aromatic heterocycles. The molecule has 200 valence electrons. The third-order valence-corrected chi connectivity index (χ3v) is 8.19. The quantitative estimate of drug-likeness (QED) is 0.177. The number of ketones is 1. The van der Waals surface area contributed by atoms with Gasteiger partial charge in [0.1, 0.15) is 17.0 Å². The van der Waals surface area contributed by atoms with Crippen molar-refractivity contribution in [3.63, 3.8) is 0 Å². The molecule has 4 heterocycles. The summed E-state index contributed by atoms with van der Waals surface area (Å²) < 4.78 is 38.4. The number of hydrogen-bond acceptors (Lipinski definition) is 6. The van der Waals surface area contributed by atoms with Crippen molar-refractivity contribution in [1.82, 2.24) is 0 Å². The minimum atomic E-state index is -1.06. The van der Waals surface area contributed by atoms with E-state index in [4.69, 9.17) is 8.83 Å². The summed E-state index contributed by atoms with van der Waals surface area (Å²) >= 11 is 0. The molecule has 0 aliphatic carbocycles. The van der Waals surface area contributed by atoms with E-state index >= 15 is 0 Å². The third-order valence-electron chi connectivity index (χ3n) is 8.19. The first-order chi connectivity index (χ1) is 18.4. The molecule has 39 heavy (non-hydrogen) atoms. The maximum atomic E-state index is 14.0. The van der Waals surface area contributed by atoms with Gasteiger partial charge in [0.25, 0.3) is 0 Å². The van der Waals surface area contributed by atoms with Gasteiger partial charge in [0.05, 0.1) is 5.56 Å². The van der Waals surface area contributed by atoms with Gasteiger partial charge < -0.3 is 13.7 Å². The molecular weight excluding hydrogens is 504 g/mol. The largest absolute Gasteiger partial charge is 0.422 e. The molecule has 0 N–H and O–H groups in total. The smallest absolute Gasteiger partial charge is 0.347 e. The molecule has 0 saturated carbocycles. The standard InChI is InChI=1S/C31H27F2NO5/c1-30(2)7-9-34-10-8-31(3,4)24-25(34)21(30)14-17-11-16(28(36)39-27(17)24)5-6-23(35)20-13-18-12-19(32)15-22(33)26(18)38-29(20)37/h5-6,11-15H,7-10H2,1-4H3/b6-5+. The monoisotopic (exact) mass is 531 g/mol. The predicted molar refractivity (Wildman–Crippen MR) is 146 cm³/mol. The first-order valence-electron chi connectivity index (χ1n) is 12.9. The summed E-state index contributed by atoms with van der Waals surface area (Å²) in [4.78, 5) is 40.7. The molecule has 0 unspecified atom stereocenters. The van der Waals surface area contributed by atoms with E-state index in [0.717, 1.165) is 60.8 Å². The minimum absolute atomic E-state index is 0.0621. The van der Waals surface area contributed by atoms with E-state index in [1.807, 2.05) is 0 Å². The van der Waals surface area contributed by atoms with E-state index in [-0.39, 0.29) is 21.8 Å². The zero-order valence-corrected chi connectivity index (χ0v) is 22.1. The van der Waals surface area contributed by atoms with Gasteiger partial charge in [-0.1, -0.05) is 27.7 Å². The summed E-state index contributed by atoms with van der Waals surface area (Å²) in [5.41, 5.74) is 1.32. The van der Waals surface area contributed by atoms with Crippen LogP contribution in [0.2, 0.25) is 0 Å². The van der Waals surface area contributed by atoms with Crippen molar-refractivity contribution >= 4 is 39.5 Å². The van der Waals surface area contributed by atoms with Gasteiger partial charge in [0.2, 0.25) is 0 Å². The summed E-state index contributed by atoms with van der Waals surface area (Å²) in [6, 6.07) is 6.42. The van der Waals surface area contributed by atoms with E-state index in [9.17, 15) is 23.2 Å². The number of allylic oxidation sites excluding steroid dienone is 1. The lowest BCUT2D eigenvalue weighted by Gasteiger charge is -2.48. The summed E-state index contributed by atoms with van der Waals surface area (Å²) in [6.45, 7) is 10.7. The highest BCUT2D eigenvalue weighted by Gasteiger charge is 2.41. The number of benzene rings is 2. The maximum Gasteiger partial charge on any atom is 0.347 e. The van der Waals surface area contributed by atoms with Crippen LogP contribution >= 0.6 is 0 Å². The second-order valence-electron chi connectivity index (χ2n) is 11.8. The maximum absolute atomic E-state index is 14.0. The predicted octanol–water partition coefficient (Wildman–Crippen LogP) is 6.24. The molecule has 8 heteroatoms. The molecule has 4 aromatic rings. The minimum Gasteiger partial charge on any atom is -0.422 e. The van der Waals surface area contributed by atoms with Crippen molar-refractivity contribution < 1.29 is 22.4 Å². The van der Waals surface area contributed by atoms with Crippen molar-refractivity contribution in [3.8, 4) is 0 Å². The van der Waals surface area contributed by atoms with Crippen LogP contribution in [0, 0.1) is 11.6 Å². The third kappa shape index (κ3) is 4.01. The number of carbonyl (C=O) groups excluding carboxylic acids is 1. The molecule has 2 aliphatic heterocycles. The van der Waals surface area contributed by atoms with Gasteiger partial charge in [0.15, 0.2) is 17.2 Å². The Labute approximate surface area is 222 Å². The zero-order chi connectivity index (χ0) is 27.9. The zero-order valence-electron chi connectivity index (χ0n) is 22.1. The van der Waals surface area contributed by atoms with Crippen LogP contribution in [0.3, 0.4) is 0 Å². The lowest BCUT2D eigenvalue weighted by molar-refractivity contribution is 0.104. The van der Waals surface area contributed by atoms with Crippen molar-refractivity contribution in [2.45, 2.75) is 51.4 Å². The van der Waals surface area contributed by atoms with Gasteiger partial charge in [-0.25, -0.2) is 18.4 Å². The van der Waals surface area contributed by atoms with E-state index in [1.54, 1.807) is 6.07 Å². The average molecular weight is 532 g/mol. The Kier molecular flexibility index (Phi) is 5.47. The Bertz CT molecular complexity index is 1860. The van der Waals surface area contributed by atoms with Crippen LogP contribution in [-0.4, -0.2) is 18.9 Å². The molecule has 0 fully saturated rings. The number of nitrogens with zero attached hydrogens (tertiary/aromatic N) is 1. The Morgan fingerprint density at radius 2 is 1.54 bits per heavy atom. The Balaban J connectivity index is 1.46. The van der Waals surface area contributed by atoms with Crippen LogP contribution in [0.15, 0.2) is 54.8 Å². The van der Waals surface area contributed by atoms with Gasteiger partial charge in [0, 0.05) is 41.2 Å². The normalized spacial score (nSPS) is 17.6. The molecule has 0 bridgehead atoms. The fourth-order valence-corrected chi connectivity index (χ4v) is 5.87. The number of halogens is 2. The summed E-state index contributed by atoms with van der Waals surface area (Å²) in [5.74, 6) is -2.68. The van der Waals surface area contributed by atoms with Crippen LogP contribution in [-0.2, 0) is 10.8 Å². The van der Waals surface area contributed by atoms with E-state index in [1.165, 1.54) is 11.6 Å². The topological polar surface area (TPSA) is 80.7 Å². The number of rotatable bonds is 3. The summed E-state index contributed by atoms with van der Waals surface area (Å²) in [5, 5.41) is 0.698. The molecule has 0 atom stereocenters. The van der Waals surface area contributed by atoms with Crippen LogP contribution in [0.5, 0.6) is 0 Å². The SMILES string of the molecule is CC1(C)CCN2CCC(C)(C)c3c2c1cc1cc(/C=C/C(=O)c2cc4cc(F)cc(F)c4oc2=O)c(=O)oc31. The highest BCUT2D eigenvalue weighted by molar-refractivity contribution is 6.08. The van der Waals surface area contributed by atoms with Crippen molar-refractivity contribution in [2.75, 3.05) is 18.0 Å². The first kappa shape index (κ1) is 25.2. The number of fused-ring (bicyclic) bond motifs is 3. The highest BCUT2D eigenvalue weighted by atomic mass is 19.1. The molecule has 0 amide bonds. The number of hydrogen-bond donors (Lipinski definition) is 0. The molecule has 0 spiro atoms. The Morgan fingerprint density at radius 3 is 2.28 bits per heavy atom. The number of anilines is 1. The summed E-state index contributed by atoms with van der Waals surface area (Å²) in [7, 11) is 0. The molecule has 2 aliphatic rings. The molecule has 2 aromatic carbocycles. The van der Waals surface area contributed by atoms with Crippen molar-refractivity contribution in [3.05, 3.63) is 91.1 Å². The number of carbonyl (C=O) groups is 1. The fraction of sp³-hybridized carbons (Fsp3) is 0.323. The molecule has 0 radical (unpaired) electrons. The van der Waals surface area contributed by atoms with Gasteiger partial charge in [-0.05, 0) is 65.7 Å². The van der Waals surface area contributed by atoms with Crippen LogP contribution in [0.25, 0.3) is 28.0 Å². The van der Waals surface area contributed by atoms with Crippen LogP contribution in [0.1, 0.15) is 67.6 Å². The van der Waals surface area contributed by atoms with Gasteiger partial charge in [-0.2, -0.15) is 0 Å². The second kappa shape index (κ2) is 8.46. The highest BCUT2D eigenvalue weighted by Crippen LogP contribution is 2.51. The second-order valence-corrected chi connectivity index (χ2v) is 11.8. The molecule has 0 saturated heterocycles. The Hall–Kier alpha value is -4.07. The van der Waals surface area contributed by atoms with Crippen molar-refractivity contribution in [2.24, 2.45) is 0 Å². The molecule has 6 nitrogen and oxygen atoms in total. The van der Waals surface area contributed by atoms with Gasteiger partial charge in [-0.3, -0.25) is 4.79 Å². The van der Waals surface area contributed by atoms with Gasteiger partial charge >= 0.3 is 11.3 Å². The molecule has 6 rings (SSSR count). The van der Waals surface area contributed by atoms with Gasteiger partial charge in [-0.15, -0.1) is 0 Å². The van der Waals surface area contributed by atoms with E-state index in [2.05, 4.69) is 38.7 Å². The Morgan fingerprint density at radius 1 is 0.872 bits per heavy atom. The fourth-order valence-electron chi connectivity index (χ4n) is 5.87. The van der Waals surface area contributed by atoms with Crippen molar-refractivity contribution in [1.29, 1.82) is 0 Å². The van der Waals surface area contributed by atoms with E-state index in [0.29, 0.717) is 11.6 Å². The first-order valence-corrected chi connectivity index (χ1v) is 12.9. The molecular formula is C31H27F2NO5. The lowest BCUT2D eigenvalue weighted by Crippen LogP contribution is -2.44. The average Bonchev–Trinajstić information content (AvgIpc) is 2.85. The summed E-state index contributed by atoms with van der Waals surface area (Å²) in [6.07, 6.45) is 4.29. The van der Waals surface area contributed by atoms with Crippen LogP contribution < -0.4 is 16.2 Å².